The molecule has 3 aromatic rings. The second-order valence-electron chi connectivity index (χ2n) is 6.82. The molecule has 0 bridgehead atoms. The lowest BCUT2D eigenvalue weighted by atomic mass is 10.1. The van der Waals surface area contributed by atoms with E-state index in [-0.39, 0.29) is 6.79 Å². The number of rotatable bonds is 5. The molecule has 0 amide bonds. The number of aliphatic hydroxyl groups is 3. The highest BCUT2D eigenvalue weighted by atomic mass is 16.7. The fourth-order valence-electron chi connectivity index (χ4n) is 3.51. The first-order chi connectivity index (χ1) is 14.2. The van der Waals surface area contributed by atoms with E-state index in [4.69, 9.17) is 14.2 Å². The molecule has 0 radical (unpaired) electrons. The molecule has 4 heterocycles. The van der Waals surface area contributed by atoms with Crippen LogP contribution in [-0.4, -0.2) is 66.6 Å². The predicted molar refractivity (Wildman–Crippen MR) is 98.2 cm³/mol. The Labute approximate surface area is 164 Å². The second kappa shape index (κ2) is 7.12. The Morgan fingerprint density at radius 3 is 2.79 bits per heavy atom. The van der Waals surface area contributed by atoms with Crippen LogP contribution in [0.15, 0.2) is 30.9 Å². The second-order valence-corrected chi connectivity index (χ2v) is 6.82. The van der Waals surface area contributed by atoms with Crippen LogP contribution in [-0.2, 0) is 11.3 Å². The van der Waals surface area contributed by atoms with E-state index < -0.39 is 31.1 Å². The molecular weight excluding hydrogens is 382 g/mol. The Kier molecular flexibility index (Phi) is 4.43. The number of aromatic nitrogens is 4. The highest BCUT2D eigenvalue weighted by Crippen LogP contribution is 2.34. The Morgan fingerprint density at radius 2 is 1.97 bits per heavy atom. The molecular formula is C18H19N5O6. The fourth-order valence-corrected chi connectivity index (χ4v) is 3.51. The monoisotopic (exact) mass is 401 g/mol. The number of imidazole rings is 1. The van der Waals surface area contributed by atoms with Crippen LogP contribution in [0.1, 0.15) is 11.8 Å². The molecule has 11 heteroatoms. The van der Waals surface area contributed by atoms with E-state index in [1.807, 2.05) is 18.2 Å². The quantitative estimate of drug-likeness (QED) is 0.453. The van der Waals surface area contributed by atoms with Gasteiger partial charge < -0.3 is 34.8 Å². The van der Waals surface area contributed by atoms with Gasteiger partial charge in [-0.2, -0.15) is 0 Å². The third-order valence-electron chi connectivity index (χ3n) is 5.05. The molecule has 4 atom stereocenters. The van der Waals surface area contributed by atoms with Gasteiger partial charge >= 0.3 is 0 Å². The number of hydrogen-bond acceptors (Lipinski definition) is 10. The lowest BCUT2D eigenvalue weighted by Crippen LogP contribution is -2.33. The van der Waals surface area contributed by atoms with Crippen LogP contribution < -0.4 is 14.8 Å². The molecule has 1 fully saturated rings. The van der Waals surface area contributed by atoms with Crippen LogP contribution in [0.4, 0.5) is 5.82 Å². The van der Waals surface area contributed by atoms with Crippen molar-refractivity contribution in [1.82, 2.24) is 19.5 Å². The minimum atomic E-state index is -1.22. The normalized spacial score (nSPS) is 25.6. The summed E-state index contributed by atoms with van der Waals surface area (Å²) in [4.78, 5) is 12.8. The zero-order valence-electron chi connectivity index (χ0n) is 15.2. The minimum Gasteiger partial charge on any atom is -0.454 e. The summed E-state index contributed by atoms with van der Waals surface area (Å²) in [7, 11) is 0. The van der Waals surface area contributed by atoms with Crippen molar-refractivity contribution in [3.05, 3.63) is 36.4 Å². The molecule has 0 spiro atoms. The maximum absolute atomic E-state index is 10.3. The first kappa shape index (κ1) is 18.1. The zero-order chi connectivity index (χ0) is 20.0. The van der Waals surface area contributed by atoms with Crippen molar-refractivity contribution in [2.75, 3.05) is 18.7 Å². The van der Waals surface area contributed by atoms with Crippen LogP contribution in [0, 0.1) is 0 Å². The number of nitrogens with one attached hydrogen (secondary N) is 1. The van der Waals surface area contributed by atoms with Crippen molar-refractivity contribution in [3.8, 4) is 11.5 Å². The molecule has 2 aliphatic heterocycles. The van der Waals surface area contributed by atoms with Gasteiger partial charge in [-0.3, -0.25) is 4.57 Å². The topological polar surface area (TPSA) is 144 Å². The van der Waals surface area contributed by atoms with Crippen molar-refractivity contribution >= 4 is 17.0 Å². The third-order valence-corrected chi connectivity index (χ3v) is 5.05. The number of nitrogens with zero attached hydrogens (tertiary/aromatic N) is 4. The van der Waals surface area contributed by atoms with E-state index >= 15 is 0 Å². The summed E-state index contributed by atoms with van der Waals surface area (Å²) < 4.78 is 17.8. The van der Waals surface area contributed by atoms with Crippen molar-refractivity contribution in [2.45, 2.75) is 31.1 Å². The summed E-state index contributed by atoms with van der Waals surface area (Å²) in [6.45, 7) is 0.291. The number of anilines is 1. The average Bonchev–Trinajstić information content (AvgIpc) is 3.44. The summed E-state index contributed by atoms with van der Waals surface area (Å²) in [5.41, 5.74) is 1.90. The van der Waals surface area contributed by atoms with E-state index in [1.54, 1.807) is 0 Å². The van der Waals surface area contributed by atoms with Gasteiger partial charge in [-0.1, -0.05) is 6.07 Å². The molecule has 2 aliphatic rings. The molecule has 152 valence electrons. The molecule has 2 unspecified atom stereocenters. The highest BCUT2D eigenvalue weighted by Gasteiger charge is 2.44. The fraction of sp³-hybridized carbons (Fsp3) is 0.389. The Hall–Kier alpha value is -2.99. The minimum absolute atomic E-state index is 0.219. The number of aliphatic hydroxyl groups excluding tert-OH is 3. The summed E-state index contributed by atoms with van der Waals surface area (Å²) in [5, 5.41) is 32.8. The van der Waals surface area contributed by atoms with Gasteiger partial charge in [0.2, 0.25) is 6.79 Å². The summed E-state index contributed by atoms with van der Waals surface area (Å²) >= 11 is 0. The molecule has 11 nitrogen and oxygen atoms in total. The SMILES string of the molecule is OC[C@H]1O[C@@H](n2cnc3c(NCc4ccc5c(c4)OCO5)ncnc32)C(O)C1O. The van der Waals surface area contributed by atoms with Gasteiger partial charge in [-0.15, -0.1) is 0 Å². The maximum atomic E-state index is 10.3. The standard InChI is InChI=1S/C18H19N5O6/c24-5-12-14(25)15(26)18(29-12)23-7-22-13-16(20-6-21-17(13)23)19-4-9-1-2-10-11(3-9)28-8-27-10/h1-3,6-7,12,14-15,18,24-26H,4-5,8H2,(H,19,20,21)/t12-,14?,15?,18-/m1/s1. The lowest BCUT2D eigenvalue weighted by molar-refractivity contribution is -0.0511. The smallest absolute Gasteiger partial charge is 0.231 e. The van der Waals surface area contributed by atoms with Gasteiger partial charge in [0.05, 0.1) is 12.9 Å². The van der Waals surface area contributed by atoms with Crippen LogP contribution in [0.25, 0.3) is 11.2 Å². The molecule has 0 aliphatic carbocycles. The number of fused-ring (bicyclic) bond motifs is 2. The van der Waals surface area contributed by atoms with Crippen LogP contribution in [0.3, 0.4) is 0 Å². The number of hydrogen-bond donors (Lipinski definition) is 4. The molecule has 5 rings (SSSR count). The zero-order valence-corrected chi connectivity index (χ0v) is 15.2. The van der Waals surface area contributed by atoms with Crippen molar-refractivity contribution in [1.29, 1.82) is 0 Å². The molecule has 29 heavy (non-hydrogen) atoms. The summed E-state index contributed by atoms with van der Waals surface area (Å²) in [6.07, 6.45) is -1.37. The first-order valence-electron chi connectivity index (χ1n) is 9.08. The number of ether oxygens (including phenoxy) is 3. The Bertz CT molecular complexity index is 1040. The lowest BCUT2D eigenvalue weighted by Gasteiger charge is -2.16. The van der Waals surface area contributed by atoms with Crippen LogP contribution >= 0.6 is 0 Å². The van der Waals surface area contributed by atoms with E-state index in [2.05, 4.69) is 20.3 Å². The van der Waals surface area contributed by atoms with Gasteiger partial charge in [0.15, 0.2) is 34.7 Å². The van der Waals surface area contributed by atoms with Gasteiger partial charge in [0.1, 0.15) is 24.6 Å². The van der Waals surface area contributed by atoms with Crippen molar-refractivity contribution in [3.63, 3.8) is 0 Å². The Morgan fingerprint density at radius 1 is 1.10 bits per heavy atom. The Balaban J connectivity index is 1.39. The maximum Gasteiger partial charge on any atom is 0.231 e. The van der Waals surface area contributed by atoms with Gasteiger partial charge in [0, 0.05) is 6.54 Å². The van der Waals surface area contributed by atoms with E-state index in [9.17, 15) is 15.3 Å². The summed E-state index contributed by atoms with van der Waals surface area (Å²) in [5.74, 6) is 1.93. The molecule has 0 saturated carbocycles. The molecule has 2 aromatic heterocycles. The predicted octanol–water partition coefficient (Wildman–Crippen LogP) is -0.221. The van der Waals surface area contributed by atoms with E-state index in [0.29, 0.717) is 29.3 Å². The average molecular weight is 401 g/mol. The molecule has 4 N–H and O–H groups in total. The number of benzene rings is 1. The van der Waals surface area contributed by atoms with E-state index in [1.165, 1.54) is 17.2 Å². The largest absolute Gasteiger partial charge is 0.454 e. The van der Waals surface area contributed by atoms with E-state index in [0.717, 1.165) is 11.3 Å². The highest BCUT2D eigenvalue weighted by molar-refractivity contribution is 5.82. The van der Waals surface area contributed by atoms with Crippen LogP contribution in [0.5, 0.6) is 11.5 Å². The molecule has 1 aromatic carbocycles. The third kappa shape index (κ3) is 3.04. The first-order valence-corrected chi connectivity index (χ1v) is 9.08. The van der Waals surface area contributed by atoms with Gasteiger partial charge in [0.25, 0.3) is 0 Å². The summed E-state index contributed by atoms with van der Waals surface area (Å²) in [6, 6.07) is 5.67. The van der Waals surface area contributed by atoms with Crippen LogP contribution in [0.2, 0.25) is 0 Å². The van der Waals surface area contributed by atoms with Crippen molar-refractivity contribution < 1.29 is 29.5 Å². The van der Waals surface area contributed by atoms with Crippen molar-refractivity contribution in [2.24, 2.45) is 0 Å². The molecule has 1 saturated heterocycles. The van der Waals surface area contributed by atoms with Gasteiger partial charge in [-0.05, 0) is 17.7 Å². The van der Waals surface area contributed by atoms with Gasteiger partial charge in [-0.25, -0.2) is 15.0 Å².